The van der Waals surface area contributed by atoms with Crippen molar-refractivity contribution in [2.24, 2.45) is 0 Å². The molecule has 0 spiro atoms. The van der Waals surface area contributed by atoms with Gasteiger partial charge in [0.2, 0.25) is 0 Å². The zero-order valence-corrected chi connectivity index (χ0v) is 35.8. The smallest absolute Gasteiger partial charge is 0.410 e. The molecule has 0 aromatic carbocycles. The van der Waals surface area contributed by atoms with E-state index >= 15 is 0 Å². The molecule has 1 N–H and O–H groups in total. The number of carbonyl (C=O) groups excluding carboxylic acids is 2. The molecule has 4 aromatic heterocycles. The highest BCUT2D eigenvalue weighted by Crippen LogP contribution is 2.32. The Hall–Kier alpha value is -4.84. The van der Waals surface area contributed by atoms with Gasteiger partial charge in [-0.25, -0.2) is 39.5 Å². The van der Waals surface area contributed by atoms with Gasteiger partial charge in [0.05, 0.1) is 12.7 Å². The van der Waals surface area contributed by atoms with Gasteiger partial charge in [-0.15, -0.1) is 0 Å². The number of ether oxygens (including phenoxy) is 4. The van der Waals surface area contributed by atoms with Gasteiger partial charge >= 0.3 is 12.2 Å². The molecule has 4 aromatic rings. The van der Waals surface area contributed by atoms with Gasteiger partial charge in [0.1, 0.15) is 36.3 Å². The fraction of sp³-hybridized carbons (Fsp3) is 0.707. The highest BCUT2D eigenvalue weighted by molar-refractivity contribution is 5.84. The first kappa shape index (κ1) is 42.3. The third-order valence-corrected chi connectivity index (χ3v) is 11.1. The van der Waals surface area contributed by atoms with E-state index in [0.29, 0.717) is 0 Å². The van der Waals surface area contributed by atoms with Gasteiger partial charge in [-0.2, -0.15) is 0 Å². The number of anilines is 2. The van der Waals surface area contributed by atoms with E-state index in [4.69, 9.17) is 18.9 Å². The Balaban J connectivity index is 0.000000179. The third-order valence-electron chi connectivity index (χ3n) is 11.1. The highest BCUT2D eigenvalue weighted by Gasteiger charge is 2.31. The maximum absolute atomic E-state index is 12.4. The van der Waals surface area contributed by atoms with Crippen LogP contribution in [0.2, 0.25) is 0 Å². The van der Waals surface area contributed by atoms with Crippen LogP contribution in [0.3, 0.4) is 0 Å². The molecular formula is C41H62N12O6. The predicted molar refractivity (Wildman–Crippen MR) is 222 cm³/mol. The molecule has 2 amide bonds. The SMILES string of the molecule is CC(C)(C)OC(=O)NC1CCN(c2ncnc3c2ncn3C2CCCCO2)CC1.CN(C(=O)OC(C)(C)C)C1CCN(c2ncnc3c2ncn3C2CCCCO2)CC1. The van der Waals surface area contributed by atoms with Gasteiger partial charge in [-0.05, 0) is 106 Å². The second kappa shape index (κ2) is 18.2. The van der Waals surface area contributed by atoms with Gasteiger partial charge in [0.15, 0.2) is 34.0 Å². The van der Waals surface area contributed by atoms with Crippen molar-refractivity contribution in [2.45, 2.75) is 141 Å². The van der Waals surface area contributed by atoms with Gasteiger partial charge < -0.3 is 39.0 Å². The van der Waals surface area contributed by atoms with Crippen LogP contribution in [0.15, 0.2) is 25.3 Å². The van der Waals surface area contributed by atoms with Gasteiger partial charge in [0, 0.05) is 58.5 Å². The topological polar surface area (TPSA) is 180 Å². The number of carbonyl (C=O) groups is 2. The van der Waals surface area contributed by atoms with Crippen LogP contribution in [0.5, 0.6) is 0 Å². The average Bonchev–Trinajstić information content (AvgIpc) is 3.86. The third kappa shape index (κ3) is 10.5. The molecule has 0 radical (unpaired) electrons. The Kier molecular flexibility index (Phi) is 13.0. The van der Waals surface area contributed by atoms with Crippen LogP contribution in [0.4, 0.5) is 21.2 Å². The minimum absolute atomic E-state index is 0.000245. The molecule has 18 nitrogen and oxygen atoms in total. The van der Waals surface area contributed by atoms with E-state index in [9.17, 15) is 9.59 Å². The maximum Gasteiger partial charge on any atom is 0.410 e. The first-order valence-corrected chi connectivity index (χ1v) is 21.3. The van der Waals surface area contributed by atoms with E-state index in [2.05, 4.69) is 45.0 Å². The lowest BCUT2D eigenvalue weighted by molar-refractivity contribution is -0.0299. The summed E-state index contributed by atoms with van der Waals surface area (Å²) in [5.41, 5.74) is 2.28. The van der Waals surface area contributed by atoms with E-state index in [1.54, 1.807) is 17.6 Å². The second-order valence-electron chi connectivity index (χ2n) is 17.9. The molecule has 2 unspecified atom stereocenters. The van der Waals surface area contributed by atoms with Crippen molar-refractivity contribution < 1.29 is 28.5 Å². The van der Waals surface area contributed by atoms with E-state index in [0.717, 1.165) is 138 Å². The predicted octanol–water partition coefficient (Wildman–Crippen LogP) is 6.38. The minimum atomic E-state index is -0.488. The summed E-state index contributed by atoms with van der Waals surface area (Å²) < 4.78 is 26.7. The summed E-state index contributed by atoms with van der Waals surface area (Å²) in [5.74, 6) is 1.70. The molecule has 59 heavy (non-hydrogen) atoms. The average molecular weight is 819 g/mol. The number of amides is 2. The Bertz CT molecular complexity index is 2010. The Labute approximate surface area is 346 Å². The second-order valence-corrected chi connectivity index (χ2v) is 17.9. The van der Waals surface area contributed by atoms with Crippen LogP contribution in [0.25, 0.3) is 22.3 Å². The molecule has 4 aliphatic heterocycles. The number of imidazole rings is 2. The first-order valence-electron chi connectivity index (χ1n) is 21.3. The number of hydrogen-bond acceptors (Lipinski definition) is 14. The summed E-state index contributed by atoms with van der Waals surface area (Å²) in [6, 6.07) is 0.258. The summed E-state index contributed by atoms with van der Waals surface area (Å²) in [7, 11) is 1.82. The molecule has 0 saturated carbocycles. The van der Waals surface area contributed by atoms with Crippen LogP contribution in [-0.2, 0) is 18.9 Å². The molecule has 8 rings (SSSR count). The largest absolute Gasteiger partial charge is 0.444 e. The number of nitrogens with one attached hydrogen (secondary N) is 1. The van der Waals surface area contributed by atoms with Gasteiger partial charge in [-0.3, -0.25) is 9.13 Å². The molecule has 0 bridgehead atoms. The van der Waals surface area contributed by atoms with Crippen molar-refractivity contribution in [3.63, 3.8) is 0 Å². The molecule has 322 valence electrons. The van der Waals surface area contributed by atoms with Crippen molar-refractivity contribution >= 4 is 46.1 Å². The number of nitrogens with zero attached hydrogens (tertiary/aromatic N) is 11. The van der Waals surface area contributed by atoms with Crippen LogP contribution in [0, 0.1) is 0 Å². The lowest BCUT2D eigenvalue weighted by atomic mass is 10.0. The quantitative estimate of drug-likeness (QED) is 0.226. The minimum Gasteiger partial charge on any atom is -0.444 e. The Morgan fingerprint density at radius 1 is 0.661 bits per heavy atom. The summed E-state index contributed by atoms with van der Waals surface area (Å²) in [4.78, 5) is 57.8. The van der Waals surface area contributed by atoms with E-state index in [1.807, 2.05) is 70.4 Å². The molecule has 8 heterocycles. The lowest BCUT2D eigenvalue weighted by Crippen LogP contribution is -2.47. The Morgan fingerprint density at radius 3 is 1.58 bits per heavy atom. The molecule has 2 atom stereocenters. The molecule has 4 fully saturated rings. The van der Waals surface area contributed by atoms with Crippen molar-refractivity contribution in [3.8, 4) is 0 Å². The number of alkyl carbamates (subject to hydrolysis) is 1. The lowest BCUT2D eigenvalue weighted by Gasteiger charge is -2.37. The van der Waals surface area contributed by atoms with E-state index in [-0.39, 0.29) is 36.7 Å². The monoisotopic (exact) mass is 818 g/mol. The molecule has 4 saturated heterocycles. The van der Waals surface area contributed by atoms with E-state index in [1.165, 1.54) is 0 Å². The summed E-state index contributed by atoms with van der Waals surface area (Å²) >= 11 is 0. The summed E-state index contributed by atoms with van der Waals surface area (Å²) in [6.07, 6.45) is 16.1. The van der Waals surface area contributed by atoms with Gasteiger partial charge in [-0.1, -0.05) is 0 Å². The van der Waals surface area contributed by atoms with E-state index < -0.39 is 11.2 Å². The van der Waals surface area contributed by atoms with Crippen molar-refractivity contribution in [1.82, 2.24) is 49.3 Å². The van der Waals surface area contributed by atoms with Crippen LogP contribution < -0.4 is 15.1 Å². The zero-order chi connectivity index (χ0) is 41.7. The zero-order valence-electron chi connectivity index (χ0n) is 35.8. The number of fused-ring (bicyclic) bond motifs is 2. The summed E-state index contributed by atoms with van der Waals surface area (Å²) in [5, 5.41) is 2.97. The fourth-order valence-corrected chi connectivity index (χ4v) is 8.11. The fourth-order valence-electron chi connectivity index (χ4n) is 8.11. The molecule has 0 aliphatic carbocycles. The molecular weight excluding hydrogens is 757 g/mol. The number of rotatable bonds is 6. The van der Waals surface area contributed by atoms with Crippen LogP contribution in [0.1, 0.15) is 118 Å². The number of hydrogen-bond donors (Lipinski definition) is 1. The van der Waals surface area contributed by atoms with Crippen LogP contribution in [-0.4, -0.2) is 126 Å². The number of piperidine rings is 2. The highest BCUT2D eigenvalue weighted by atomic mass is 16.6. The van der Waals surface area contributed by atoms with Crippen LogP contribution >= 0.6 is 0 Å². The van der Waals surface area contributed by atoms with Crippen molar-refractivity contribution in [1.29, 1.82) is 0 Å². The van der Waals surface area contributed by atoms with Crippen molar-refractivity contribution in [2.75, 3.05) is 56.2 Å². The number of aromatic nitrogens is 8. The standard InChI is InChI=1S/C21H32N6O3.C20H30N6O3/c1-21(2,3)30-20(28)25(4)15-8-10-26(11-9-15)18-17-19(23-13-22-18)27(14-24-17)16-7-5-6-12-29-16;1-20(2,3)29-19(27)24-14-7-9-25(10-8-14)17-16-18(22-12-21-17)26(13-23-16)15-6-4-5-11-28-15/h13-16H,5-12H2,1-4H3;12-15H,4-11H2,1-3H3,(H,24,27). The summed E-state index contributed by atoms with van der Waals surface area (Å²) in [6.45, 7) is 16.0. The molecule has 18 heteroatoms. The molecule has 4 aliphatic rings. The Morgan fingerprint density at radius 2 is 1.14 bits per heavy atom. The van der Waals surface area contributed by atoms with Crippen molar-refractivity contribution in [3.05, 3.63) is 25.3 Å². The van der Waals surface area contributed by atoms with Gasteiger partial charge in [0.25, 0.3) is 0 Å². The maximum atomic E-state index is 12.4. The first-order chi connectivity index (χ1) is 28.2. The normalized spacial score (nSPS) is 21.2.